The highest BCUT2D eigenvalue weighted by atomic mass is 32.2. The molecule has 1 saturated heterocycles. The molecule has 0 N–H and O–H groups in total. The van der Waals surface area contributed by atoms with Crippen molar-refractivity contribution in [1.82, 2.24) is 14.9 Å². The fourth-order valence-corrected chi connectivity index (χ4v) is 4.25. The van der Waals surface area contributed by atoms with Crippen molar-refractivity contribution in [2.45, 2.75) is 57.3 Å². The van der Waals surface area contributed by atoms with Crippen LogP contribution in [0.15, 0.2) is 41.6 Å². The zero-order valence-electron chi connectivity index (χ0n) is 15.1. The SMILES string of the molecule is Cc1cc(-c2ccccc2)nc(SCC(=O)N2[C@@H](C)CCC[C@@H]2C)n1. The van der Waals surface area contributed by atoms with E-state index in [0.29, 0.717) is 23.0 Å². The van der Waals surface area contributed by atoms with Crippen LogP contribution in [0, 0.1) is 6.92 Å². The number of aryl methyl sites for hydroxylation is 1. The van der Waals surface area contributed by atoms with Crippen LogP contribution in [0.4, 0.5) is 0 Å². The highest BCUT2D eigenvalue weighted by Crippen LogP contribution is 2.25. The quantitative estimate of drug-likeness (QED) is 0.605. The van der Waals surface area contributed by atoms with E-state index in [-0.39, 0.29) is 5.91 Å². The fourth-order valence-electron chi connectivity index (χ4n) is 3.48. The lowest BCUT2D eigenvalue weighted by molar-refractivity contribution is -0.134. The van der Waals surface area contributed by atoms with E-state index in [1.54, 1.807) is 0 Å². The molecule has 132 valence electrons. The molecule has 2 aromatic rings. The first-order valence-electron chi connectivity index (χ1n) is 8.89. The molecule has 0 unspecified atom stereocenters. The monoisotopic (exact) mass is 355 g/mol. The van der Waals surface area contributed by atoms with Crippen LogP contribution in [0.25, 0.3) is 11.3 Å². The molecular formula is C20H25N3OS. The summed E-state index contributed by atoms with van der Waals surface area (Å²) >= 11 is 1.44. The molecule has 1 fully saturated rings. The van der Waals surface area contributed by atoms with Crippen LogP contribution in [0.3, 0.4) is 0 Å². The predicted molar refractivity (Wildman–Crippen MR) is 103 cm³/mol. The van der Waals surface area contributed by atoms with Gasteiger partial charge in [0.05, 0.1) is 11.4 Å². The second-order valence-corrected chi connectivity index (χ2v) is 7.70. The molecule has 0 aliphatic carbocycles. The summed E-state index contributed by atoms with van der Waals surface area (Å²) in [7, 11) is 0. The molecule has 0 bridgehead atoms. The Morgan fingerprint density at radius 3 is 2.52 bits per heavy atom. The van der Waals surface area contributed by atoms with Gasteiger partial charge in [0, 0.05) is 23.3 Å². The Hall–Kier alpha value is -1.88. The number of hydrogen-bond donors (Lipinski definition) is 0. The van der Waals surface area contributed by atoms with E-state index in [9.17, 15) is 4.79 Å². The summed E-state index contributed by atoms with van der Waals surface area (Å²) in [6.45, 7) is 6.26. The van der Waals surface area contributed by atoms with Gasteiger partial charge in [-0.3, -0.25) is 4.79 Å². The lowest BCUT2D eigenvalue weighted by atomic mass is 9.98. The first-order valence-corrected chi connectivity index (χ1v) is 9.88. The van der Waals surface area contributed by atoms with Gasteiger partial charge in [-0.25, -0.2) is 9.97 Å². The van der Waals surface area contributed by atoms with Crippen molar-refractivity contribution in [2.24, 2.45) is 0 Å². The van der Waals surface area contributed by atoms with Crippen molar-refractivity contribution in [3.05, 3.63) is 42.1 Å². The van der Waals surface area contributed by atoms with Crippen molar-refractivity contribution in [3.8, 4) is 11.3 Å². The second-order valence-electron chi connectivity index (χ2n) is 6.76. The number of nitrogens with zero attached hydrogens (tertiary/aromatic N) is 3. The third-order valence-corrected chi connectivity index (χ3v) is 5.54. The highest BCUT2D eigenvalue weighted by molar-refractivity contribution is 7.99. The first kappa shape index (κ1) is 17.9. The van der Waals surface area contributed by atoms with Crippen molar-refractivity contribution in [2.75, 3.05) is 5.75 Å². The van der Waals surface area contributed by atoms with Gasteiger partial charge >= 0.3 is 0 Å². The molecule has 4 nitrogen and oxygen atoms in total. The average Bonchev–Trinajstić information content (AvgIpc) is 2.60. The van der Waals surface area contributed by atoms with E-state index in [4.69, 9.17) is 0 Å². The maximum absolute atomic E-state index is 12.7. The van der Waals surface area contributed by atoms with E-state index in [1.165, 1.54) is 18.2 Å². The topological polar surface area (TPSA) is 46.1 Å². The number of piperidine rings is 1. The standard InChI is InChI=1S/C20H25N3OS/c1-14-12-18(17-10-5-4-6-11-17)22-20(21-14)25-13-19(24)23-15(2)8-7-9-16(23)3/h4-6,10-12,15-16H,7-9,13H2,1-3H3/t15-,16-/m0/s1. The molecule has 1 aromatic heterocycles. The van der Waals surface area contributed by atoms with Crippen molar-refractivity contribution in [3.63, 3.8) is 0 Å². The van der Waals surface area contributed by atoms with Gasteiger partial charge in [0.15, 0.2) is 5.16 Å². The van der Waals surface area contributed by atoms with Crippen LogP contribution >= 0.6 is 11.8 Å². The van der Waals surface area contributed by atoms with Crippen LogP contribution in [-0.4, -0.2) is 38.6 Å². The molecule has 2 atom stereocenters. The maximum Gasteiger partial charge on any atom is 0.233 e. The lowest BCUT2D eigenvalue weighted by Gasteiger charge is -2.39. The molecule has 1 aliphatic heterocycles. The number of carbonyl (C=O) groups is 1. The summed E-state index contributed by atoms with van der Waals surface area (Å²) in [4.78, 5) is 23.9. The Bertz CT molecular complexity index is 725. The Morgan fingerprint density at radius 1 is 1.16 bits per heavy atom. The molecule has 0 spiro atoms. The number of likely N-dealkylation sites (tertiary alicyclic amines) is 1. The summed E-state index contributed by atoms with van der Waals surface area (Å²) in [5, 5.41) is 0.671. The number of carbonyl (C=O) groups excluding carboxylic acids is 1. The minimum absolute atomic E-state index is 0.191. The normalized spacial score (nSPS) is 20.5. The number of rotatable bonds is 4. The summed E-state index contributed by atoms with van der Waals surface area (Å²) in [6, 6.07) is 12.7. The van der Waals surface area contributed by atoms with Gasteiger partial charge in [-0.15, -0.1) is 0 Å². The van der Waals surface area contributed by atoms with Gasteiger partial charge in [-0.2, -0.15) is 0 Å². The van der Waals surface area contributed by atoms with Crippen molar-refractivity contribution >= 4 is 17.7 Å². The zero-order valence-corrected chi connectivity index (χ0v) is 15.9. The van der Waals surface area contributed by atoms with Gasteiger partial charge in [0.1, 0.15) is 0 Å². The summed E-state index contributed by atoms with van der Waals surface area (Å²) in [5.74, 6) is 0.586. The van der Waals surface area contributed by atoms with Gasteiger partial charge in [-0.1, -0.05) is 42.1 Å². The van der Waals surface area contributed by atoms with E-state index >= 15 is 0 Å². The smallest absolute Gasteiger partial charge is 0.233 e. The molecule has 1 aliphatic rings. The van der Waals surface area contributed by atoms with Gasteiger partial charge in [-0.05, 0) is 46.1 Å². The van der Waals surface area contributed by atoms with Crippen molar-refractivity contribution < 1.29 is 4.79 Å². The zero-order chi connectivity index (χ0) is 17.8. The molecule has 1 amide bonds. The van der Waals surface area contributed by atoms with Crippen LogP contribution in [0.2, 0.25) is 0 Å². The second kappa shape index (κ2) is 8.00. The number of thioether (sulfide) groups is 1. The maximum atomic E-state index is 12.7. The molecule has 0 radical (unpaired) electrons. The van der Waals surface area contributed by atoms with E-state index in [0.717, 1.165) is 29.8 Å². The van der Waals surface area contributed by atoms with Gasteiger partial charge in [0.2, 0.25) is 5.91 Å². The van der Waals surface area contributed by atoms with Gasteiger partial charge < -0.3 is 4.90 Å². The Kier molecular flexibility index (Phi) is 5.74. The largest absolute Gasteiger partial charge is 0.337 e. The number of aromatic nitrogens is 2. The molecule has 25 heavy (non-hydrogen) atoms. The first-order chi connectivity index (χ1) is 12.0. The van der Waals surface area contributed by atoms with E-state index in [2.05, 4.69) is 23.8 Å². The number of benzene rings is 1. The highest BCUT2D eigenvalue weighted by Gasteiger charge is 2.28. The van der Waals surface area contributed by atoms with Crippen molar-refractivity contribution in [1.29, 1.82) is 0 Å². The van der Waals surface area contributed by atoms with Crippen LogP contribution in [-0.2, 0) is 4.79 Å². The van der Waals surface area contributed by atoms with Crippen LogP contribution in [0.1, 0.15) is 38.8 Å². The predicted octanol–water partition coefficient (Wildman–Crippen LogP) is 4.33. The molecule has 0 saturated carbocycles. The molecule has 5 heteroatoms. The van der Waals surface area contributed by atoms with Gasteiger partial charge in [0.25, 0.3) is 0 Å². The van der Waals surface area contributed by atoms with E-state index < -0.39 is 0 Å². The number of amides is 1. The third kappa shape index (κ3) is 4.40. The number of hydrogen-bond acceptors (Lipinski definition) is 4. The van der Waals surface area contributed by atoms with Crippen LogP contribution in [0.5, 0.6) is 0 Å². The fraction of sp³-hybridized carbons (Fsp3) is 0.450. The van der Waals surface area contributed by atoms with E-state index in [1.807, 2.05) is 48.2 Å². The average molecular weight is 356 g/mol. The summed E-state index contributed by atoms with van der Waals surface area (Å²) in [5.41, 5.74) is 2.89. The Labute approximate surface area is 154 Å². The van der Waals surface area contributed by atoms with Crippen LogP contribution < -0.4 is 0 Å². The Balaban J connectivity index is 1.71. The summed E-state index contributed by atoms with van der Waals surface area (Å²) < 4.78 is 0. The third-order valence-electron chi connectivity index (χ3n) is 4.71. The molecule has 3 rings (SSSR count). The Morgan fingerprint density at radius 2 is 1.84 bits per heavy atom. The summed E-state index contributed by atoms with van der Waals surface area (Å²) in [6.07, 6.45) is 3.40. The minimum Gasteiger partial charge on any atom is -0.337 e. The minimum atomic E-state index is 0.191. The molecule has 1 aromatic carbocycles. The lowest BCUT2D eigenvalue weighted by Crippen LogP contribution is -2.48. The molecule has 2 heterocycles. The molecular weight excluding hydrogens is 330 g/mol.